The summed E-state index contributed by atoms with van der Waals surface area (Å²) in [6.07, 6.45) is -4.47. The quantitative estimate of drug-likeness (QED) is 0.762. The third kappa shape index (κ3) is 4.19. The van der Waals surface area contributed by atoms with E-state index in [0.717, 1.165) is 24.3 Å². The summed E-state index contributed by atoms with van der Waals surface area (Å²) in [5, 5.41) is 0. The maximum atomic E-state index is 12.3. The summed E-state index contributed by atoms with van der Waals surface area (Å²) < 4.78 is 41.9. The van der Waals surface area contributed by atoms with E-state index in [1.807, 2.05) is 0 Å². The molecule has 0 aromatic heterocycles. The van der Waals surface area contributed by atoms with Crippen LogP contribution in [0.15, 0.2) is 24.3 Å². The smallest absolute Gasteiger partial charge is 0.371 e. The fourth-order valence-electron chi connectivity index (χ4n) is 1.17. The number of halogens is 3. The summed E-state index contributed by atoms with van der Waals surface area (Å²) in [5.74, 6) is -0.326. The molecule has 0 fully saturated rings. The third-order valence-electron chi connectivity index (χ3n) is 2.08. The molecule has 0 bridgehead atoms. The van der Waals surface area contributed by atoms with Crippen molar-refractivity contribution in [1.82, 2.24) is 0 Å². The molecule has 0 unspecified atom stereocenters. The minimum atomic E-state index is -4.38. The highest BCUT2D eigenvalue weighted by atomic mass is 19.4. The van der Waals surface area contributed by atoms with Crippen molar-refractivity contribution in [3.05, 3.63) is 35.4 Å². The van der Waals surface area contributed by atoms with Gasteiger partial charge in [0, 0.05) is 5.56 Å². The molecule has 0 spiro atoms. The zero-order chi connectivity index (χ0) is 13.1. The molecule has 0 aliphatic carbocycles. The largest absolute Gasteiger partial charge is 0.416 e. The van der Waals surface area contributed by atoms with Gasteiger partial charge in [-0.1, -0.05) is 12.1 Å². The molecule has 0 heterocycles. The van der Waals surface area contributed by atoms with Gasteiger partial charge in [0.2, 0.25) is 0 Å². The lowest BCUT2D eigenvalue weighted by molar-refractivity contribution is -0.137. The predicted molar refractivity (Wildman–Crippen MR) is 56.9 cm³/mol. The van der Waals surface area contributed by atoms with Crippen molar-refractivity contribution in [2.75, 3.05) is 6.61 Å². The van der Waals surface area contributed by atoms with Gasteiger partial charge in [0.05, 0.1) is 11.7 Å². The summed E-state index contributed by atoms with van der Waals surface area (Å²) in [4.78, 5) is 11.5. The fourth-order valence-corrected chi connectivity index (χ4v) is 1.17. The van der Waals surface area contributed by atoms with E-state index in [4.69, 9.17) is 4.74 Å². The van der Waals surface area contributed by atoms with E-state index < -0.39 is 11.7 Å². The van der Waals surface area contributed by atoms with Crippen molar-refractivity contribution in [2.45, 2.75) is 26.1 Å². The average Bonchev–Trinajstić information content (AvgIpc) is 2.25. The molecule has 17 heavy (non-hydrogen) atoms. The van der Waals surface area contributed by atoms with Gasteiger partial charge >= 0.3 is 6.18 Å². The zero-order valence-corrected chi connectivity index (χ0v) is 9.54. The Labute approximate surface area is 97.4 Å². The van der Waals surface area contributed by atoms with Crippen LogP contribution in [0, 0.1) is 0 Å². The molecule has 0 aliphatic heterocycles. The number of Topliss-reactive ketones (excluding diaryl/α,β-unsaturated/α-hetero) is 1. The molecule has 1 aromatic carbocycles. The summed E-state index contributed by atoms with van der Waals surface area (Å²) >= 11 is 0. The molecular weight excluding hydrogens is 233 g/mol. The summed E-state index contributed by atoms with van der Waals surface area (Å²) in [5.41, 5.74) is -0.544. The van der Waals surface area contributed by atoms with Crippen LogP contribution in [-0.2, 0) is 10.9 Å². The number of ether oxygens (including phenoxy) is 1. The van der Waals surface area contributed by atoms with E-state index in [1.165, 1.54) is 0 Å². The number of hydrogen-bond acceptors (Lipinski definition) is 2. The van der Waals surface area contributed by atoms with Gasteiger partial charge in [-0.05, 0) is 26.0 Å². The van der Waals surface area contributed by atoms with Crippen molar-refractivity contribution in [3.63, 3.8) is 0 Å². The van der Waals surface area contributed by atoms with Gasteiger partial charge in [0.25, 0.3) is 0 Å². The highest BCUT2D eigenvalue weighted by Gasteiger charge is 2.30. The Morgan fingerprint density at radius 1 is 1.24 bits per heavy atom. The van der Waals surface area contributed by atoms with Crippen LogP contribution in [-0.4, -0.2) is 18.5 Å². The van der Waals surface area contributed by atoms with Crippen LogP contribution < -0.4 is 0 Å². The number of alkyl halides is 3. The molecule has 1 rings (SSSR count). The van der Waals surface area contributed by atoms with Crippen molar-refractivity contribution < 1.29 is 22.7 Å². The van der Waals surface area contributed by atoms with E-state index in [1.54, 1.807) is 13.8 Å². The van der Waals surface area contributed by atoms with E-state index in [2.05, 4.69) is 0 Å². The molecule has 94 valence electrons. The third-order valence-corrected chi connectivity index (χ3v) is 2.08. The van der Waals surface area contributed by atoms with Gasteiger partial charge in [-0.2, -0.15) is 13.2 Å². The number of hydrogen-bond donors (Lipinski definition) is 0. The first kappa shape index (κ1) is 13.7. The van der Waals surface area contributed by atoms with Crippen LogP contribution in [0.3, 0.4) is 0 Å². The molecule has 5 heteroatoms. The zero-order valence-electron chi connectivity index (χ0n) is 9.54. The highest BCUT2D eigenvalue weighted by molar-refractivity contribution is 5.97. The summed E-state index contributed by atoms with van der Waals surface area (Å²) in [7, 11) is 0. The lowest BCUT2D eigenvalue weighted by atomic mass is 10.1. The van der Waals surface area contributed by atoms with Crippen molar-refractivity contribution in [1.29, 1.82) is 0 Å². The second-order valence-electron chi connectivity index (χ2n) is 3.86. The van der Waals surface area contributed by atoms with E-state index in [9.17, 15) is 18.0 Å². The Bertz CT molecular complexity index is 380. The molecule has 0 saturated carbocycles. The molecule has 0 aliphatic rings. The summed E-state index contributed by atoms with van der Waals surface area (Å²) in [6.45, 7) is 3.43. The Kier molecular flexibility index (Phi) is 4.28. The number of carbonyl (C=O) groups is 1. The Morgan fingerprint density at radius 3 is 2.18 bits per heavy atom. The highest BCUT2D eigenvalue weighted by Crippen LogP contribution is 2.29. The van der Waals surface area contributed by atoms with Gasteiger partial charge in [-0.3, -0.25) is 4.79 Å². The van der Waals surface area contributed by atoms with Gasteiger partial charge in [-0.25, -0.2) is 0 Å². The van der Waals surface area contributed by atoms with Crippen molar-refractivity contribution >= 4 is 5.78 Å². The van der Waals surface area contributed by atoms with Crippen LogP contribution in [0.5, 0.6) is 0 Å². The normalized spacial score (nSPS) is 11.9. The number of ketones is 1. The molecule has 0 N–H and O–H groups in total. The molecule has 0 atom stereocenters. The lowest BCUT2D eigenvalue weighted by Crippen LogP contribution is -2.14. The first-order chi connectivity index (χ1) is 7.80. The lowest BCUT2D eigenvalue weighted by Gasteiger charge is -2.08. The van der Waals surface area contributed by atoms with Crippen molar-refractivity contribution in [3.8, 4) is 0 Å². The van der Waals surface area contributed by atoms with Crippen molar-refractivity contribution in [2.24, 2.45) is 0 Å². The maximum absolute atomic E-state index is 12.3. The second-order valence-corrected chi connectivity index (χ2v) is 3.86. The fraction of sp³-hybridized carbons (Fsp3) is 0.417. The SMILES string of the molecule is CC(C)OCC(=O)c1ccc(C(F)(F)F)cc1. The van der Waals surface area contributed by atoms with Crippen LogP contribution in [0.2, 0.25) is 0 Å². The molecule has 0 radical (unpaired) electrons. The van der Waals surface area contributed by atoms with Crippen LogP contribution in [0.4, 0.5) is 13.2 Å². The molecule has 1 aromatic rings. The minimum absolute atomic E-state index is 0.0894. The van der Waals surface area contributed by atoms with Gasteiger partial charge in [-0.15, -0.1) is 0 Å². The van der Waals surface area contributed by atoms with Gasteiger partial charge < -0.3 is 4.74 Å². The van der Waals surface area contributed by atoms with Gasteiger partial charge in [0.15, 0.2) is 5.78 Å². The molecule has 2 nitrogen and oxygen atoms in total. The first-order valence-corrected chi connectivity index (χ1v) is 5.13. The number of rotatable bonds is 4. The second kappa shape index (κ2) is 5.31. The molecular formula is C12H13F3O2. The average molecular weight is 246 g/mol. The van der Waals surface area contributed by atoms with Crippen LogP contribution in [0.25, 0.3) is 0 Å². The Balaban J connectivity index is 2.71. The van der Waals surface area contributed by atoms with Crippen LogP contribution >= 0.6 is 0 Å². The Morgan fingerprint density at radius 2 is 1.76 bits per heavy atom. The monoisotopic (exact) mass is 246 g/mol. The first-order valence-electron chi connectivity index (χ1n) is 5.13. The van der Waals surface area contributed by atoms with E-state index in [0.29, 0.717) is 0 Å². The maximum Gasteiger partial charge on any atom is 0.416 e. The van der Waals surface area contributed by atoms with Gasteiger partial charge in [0.1, 0.15) is 6.61 Å². The molecule has 0 saturated heterocycles. The van der Waals surface area contributed by atoms with E-state index >= 15 is 0 Å². The summed E-state index contributed by atoms with van der Waals surface area (Å²) in [6, 6.07) is 4.11. The standard InChI is InChI=1S/C12H13F3O2/c1-8(2)17-7-11(16)9-3-5-10(6-4-9)12(13,14)15/h3-6,8H,7H2,1-2H3. The topological polar surface area (TPSA) is 26.3 Å². The predicted octanol–water partition coefficient (Wildman–Crippen LogP) is 3.31. The number of benzene rings is 1. The van der Waals surface area contributed by atoms with E-state index in [-0.39, 0.29) is 24.1 Å². The number of carbonyl (C=O) groups excluding carboxylic acids is 1. The Hall–Kier alpha value is -1.36. The minimum Gasteiger partial charge on any atom is -0.371 e. The van der Waals surface area contributed by atoms with Crippen LogP contribution in [0.1, 0.15) is 29.8 Å². The molecule has 0 amide bonds.